The molecule has 0 radical (unpaired) electrons. The van der Waals surface area contributed by atoms with E-state index in [-0.39, 0.29) is 11.6 Å². The third kappa shape index (κ3) is 2.92. The zero-order chi connectivity index (χ0) is 19.1. The van der Waals surface area contributed by atoms with Crippen LogP contribution in [0.15, 0.2) is 36.4 Å². The Morgan fingerprint density at radius 3 is 2.69 bits per heavy atom. The Balaban J connectivity index is 2.15. The molecule has 1 aliphatic rings. The summed E-state index contributed by atoms with van der Waals surface area (Å²) in [5.74, 6) is -1.11. The van der Waals surface area contributed by atoms with Gasteiger partial charge >= 0.3 is 0 Å². The first kappa shape index (κ1) is 17.9. The Kier molecular flexibility index (Phi) is 4.44. The number of carbonyl (C=O) groups is 2. The molecule has 2 aromatic carbocycles. The molecule has 0 saturated heterocycles. The van der Waals surface area contributed by atoms with E-state index >= 15 is 0 Å². The highest BCUT2D eigenvalue weighted by Gasteiger charge is 2.43. The molecule has 2 aromatic rings. The van der Waals surface area contributed by atoms with Crippen molar-refractivity contribution in [3.63, 3.8) is 0 Å². The van der Waals surface area contributed by atoms with Crippen molar-refractivity contribution < 1.29 is 14.0 Å². The fourth-order valence-electron chi connectivity index (χ4n) is 3.51. The summed E-state index contributed by atoms with van der Waals surface area (Å²) in [4.78, 5) is 25.7. The summed E-state index contributed by atoms with van der Waals surface area (Å²) in [5.41, 5.74) is 7.67. The molecule has 0 aliphatic carbocycles. The molecule has 1 heterocycles. The van der Waals surface area contributed by atoms with Crippen LogP contribution in [0.25, 0.3) is 0 Å². The molecule has 0 bridgehead atoms. The van der Waals surface area contributed by atoms with Gasteiger partial charge in [-0.15, -0.1) is 0 Å². The number of primary amides is 1. The second-order valence-corrected chi connectivity index (χ2v) is 7.12. The Hall–Kier alpha value is -2.89. The number of nitrogens with zero attached hydrogens (tertiary/aromatic N) is 1. The Labute approximate surface area is 152 Å². The largest absolute Gasteiger partial charge is 0.378 e. The first-order valence-electron chi connectivity index (χ1n) is 8.39. The van der Waals surface area contributed by atoms with Crippen LogP contribution in [-0.2, 0) is 10.2 Å². The van der Waals surface area contributed by atoms with E-state index in [1.54, 1.807) is 6.92 Å². The Bertz CT molecular complexity index is 881. The van der Waals surface area contributed by atoms with Gasteiger partial charge in [-0.2, -0.15) is 0 Å². The van der Waals surface area contributed by atoms with Crippen LogP contribution in [0.2, 0.25) is 0 Å². The number of carbonyl (C=O) groups excluding carboxylic acids is 2. The molecule has 5 nitrogen and oxygen atoms in total. The van der Waals surface area contributed by atoms with Crippen molar-refractivity contribution in [1.82, 2.24) is 0 Å². The van der Waals surface area contributed by atoms with E-state index in [9.17, 15) is 14.0 Å². The number of aldehydes is 1. The van der Waals surface area contributed by atoms with Crippen LogP contribution in [0.5, 0.6) is 0 Å². The number of nitrogens with two attached hydrogens (primary N) is 1. The van der Waals surface area contributed by atoms with Crippen LogP contribution in [0.1, 0.15) is 40.9 Å². The number of benzene rings is 2. The standard InChI is InChI=1S/C20H22FN3O2/c1-20(19(22)26)10-17(12-5-4-6-15(8-12)24(2)3)23-18-13(11-25)7-14(21)9-16(18)20/h4-9,11,17,23H,10H2,1-3H3,(H2,22,26). The third-order valence-electron chi connectivity index (χ3n) is 5.12. The summed E-state index contributed by atoms with van der Waals surface area (Å²) in [5, 5.41) is 3.31. The molecule has 0 fully saturated rings. The highest BCUT2D eigenvalue weighted by Crippen LogP contribution is 2.46. The summed E-state index contributed by atoms with van der Waals surface area (Å²) in [6.07, 6.45) is 0.961. The Morgan fingerprint density at radius 2 is 2.08 bits per heavy atom. The molecule has 3 N–H and O–H groups in total. The highest BCUT2D eigenvalue weighted by atomic mass is 19.1. The van der Waals surface area contributed by atoms with Gasteiger partial charge in [-0.1, -0.05) is 12.1 Å². The second kappa shape index (κ2) is 6.44. The zero-order valence-electron chi connectivity index (χ0n) is 15.0. The van der Waals surface area contributed by atoms with E-state index < -0.39 is 17.1 Å². The molecule has 3 rings (SSSR count). The predicted octanol–water partition coefficient (Wildman–Crippen LogP) is 3.00. The molecule has 2 atom stereocenters. The van der Waals surface area contributed by atoms with Gasteiger partial charge in [0.15, 0.2) is 6.29 Å². The van der Waals surface area contributed by atoms with Crippen molar-refractivity contribution in [2.75, 3.05) is 24.3 Å². The lowest BCUT2D eigenvalue weighted by Crippen LogP contribution is -2.44. The molecule has 0 aromatic heterocycles. The molecule has 2 unspecified atom stereocenters. The average Bonchev–Trinajstić information content (AvgIpc) is 2.61. The molecule has 6 heteroatoms. The average molecular weight is 355 g/mol. The van der Waals surface area contributed by atoms with Crippen molar-refractivity contribution in [2.24, 2.45) is 5.73 Å². The maximum absolute atomic E-state index is 14.0. The first-order chi connectivity index (χ1) is 12.3. The molecule has 0 saturated carbocycles. The minimum Gasteiger partial charge on any atom is -0.378 e. The van der Waals surface area contributed by atoms with Crippen LogP contribution >= 0.6 is 0 Å². The lowest BCUT2D eigenvalue weighted by atomic mass is 9.71. The maximum Gasteiger partial charge on any atom is 0.227 e. The van der Waals surface area contributed by atoms with E-state index in [1.807, 2.05) is 43.3 Å². The van der Waals surface area contributed by atoms with Crippen LogP contribution in [-0.4, -0.2) is 26.3 Å². The van der Waals surface area contributed by atoms with Crippen LogP contribution in [0.3, 0.4) is 0 Å². The summed E-state index contributed by atoms with van der Waals surface area (Å²) >= 11 is 0. The van der Waals surface area contributed by atoms with Gasteiger partial charge in [0, 0.05) is 31.0 Å². The summed E-state index contributed by atoms with van der Waals surface area (Å²) in [6, 6.07) is 10.1. The van der Waals surface area contributed by atoms with E-state index in [0.29, 0.717) is 24.0 Å². The second-order valence-electron chi connectivity index (χ2n) is 7.12. The number of amides is 1. The normalized spacial score (nSPS) is 21.5. The number of nitrogens with one attached hydrogen (secondary N) is 1. The van der Waals surface area contributed by atoms with E-state index in [2.05, 4.69) is 5.32 Å². The van der Waals surface area contributed by atoms with Gasteiger partial charge in [0.2, 0.25) is 5.91 Å². The Morgan fingerprint density at radius 1 is 1.35 bits per heavy atom. The highest BCUT2D eigenvalue weighted by molar-refractivity contribution is 5.94. The topological polar surface area (TPSA) is 75.4 Å². The van der Waals surface area contributed by atoms with Gasteiger partial charge in [0.05, 0.1) is 11.5 Å². The predicted molar refractivity (Wildman–Crippen MR) is 100 cm³/mol. The van der Waals surface area contributed by atoms with Gasteiger partial charge in [-0.05, 0) is 48.7 Å². The van der Waals surface area contributed by atoms with Gasteiger partial charge in [0.1, 0.15) is 5.82 Å². The molecule has 136 valence electrons. The number of halogens is 1. The lowest BCUT2D eigenvalue weighted by Gasteiger charge is -2.40. The van der Waals surface area contributed by atoms with Gasteiger partial charge in [-0.3, -0.25) is 9.59 Å². The number of hydrogen-bond donors (Lipinski definition) is 2. The van der Waals surface area contributed by atoms with Gasteiger partial charge < -0.3 is 16.0 Å². The molecule has 1 amide bonds. The van der Waals surface area contributed by atoms with Crippen molar-refractivity contribution in [1.29, 1.82) is 0 Å². The lowest BCUT2D eigenvalue weighted by molar-refractivity contribution is -0.123. The van der Waals surface area contributed by atoms with Crippen molar-refractivity contribution in [2.45, 2.75) is 24.8 Å². The zero-order valence-corrected chi connectivity index (χ0v) is 15.0. The van der Waals surface area contributed by atoms with Gasteiger partial charge in [-0.25, -0.2) is 4.39 Å². The number of fused-ring (bicyclic) bond motifs is 1. The number of hydrogen-bond acceptors (Lipinski definition) is 4. The van der Waals surface area contributed by atoms with Gasteiger partial charge in [0.25, 0.3) is 0 Å². The van der Waals surface area contributed by atoms with Crippen molar-refractivity contribution in [3.8, 4) is 0 Å². The summed E-state index contributed by atoms with van der Waals surface area (Å²) < 4.78 is 14.0. The third-order valence-corrected chi connectivity index (χ3v) is 5.12. The molecule has 1 aliphatic heterocycles. The number of anilines is 2. The minimum atomic E-state index is -1.08. The first-order valence-corrected chi connectivity index (χ1v) is 8.39. The van der Waals surface area contributed by atoms with E-state index in [1.165, 1.54) is 12.1 Å². The smallest absolute Gasteiger partial charge is 0.227 e. The summed E-state index contributed by atoms with van der Waals surface area (Å²) in [7, 11) is 3.90. The molecular formula is C20H22FN3O2. The SMILES string of the molecule is CN(C)c1cccc(C2CC(C)(C(N)=O)c3cc(F)cc(C=O)c3N2)c1. The number of rotatable bonds is 4. The monoisotopic (exact) mass is 355 g/mol. The van der Waals surface area contributed by atoms with E-state index in [0.717, 1.165) is 11.3 Å². The maximum atomic E-state index is 14.0. The molecular weight excluding hydrogens is 333 g/mol. The van der Waals surface area contributed by atoms with Crippen molar-refractivity contribution in [3.05, 3.63) is 58.9 Å². The van der Waals surface area contributed by atoms with E-state index in [4.69, 9.17) is 5.73 Å². The quantitative estimate of drug-likeness (QED) is 0.827. The minimum absolute atomic E-state index is 0.181. The van der Waals surface area contributed by atoms with Crippen LogP contribution in [0.4, 0.5) is 15.8 Å². The fourth-order valence-corrected chi connectivity index (χ4v) is 3.51. The van der Waals surface area contributed by atoms with Crippen molar-refractivity contribution >= 4 is 23.6 Å². The summed E-state index contributed by atoms with van der Waals surface area (Å²) in [6.45, 7) is 1.70. The van der Waals surface area contributed by atoms with Crippen LogP contribution < -0.4 is 16.0 Å². The fraction of sp³-hybridized carbons (Fsp3) is 0.300. The molecule has 26 heavy (non-hydrogen) atoms. The molecule has 0 spiro atoms. The van der Waals surface area contributed by atoms with Crippen LogP contribution in [0, 0.1) is 5.82 Å².